The van der Waals surface area contributed by atoms with Crippen LogP contribution in [0.4, 0.5) is 0 Å². The van der Waals surface area contributed by atoms with Crippen LogP contribution >= 0.6 is 11.8 Å². The molecule has 3 rings (SSSR count). The highest BCUT2D eigenvalue weighted by Crippen LogP contribution is 2.26. The van der Waals surface area contributed by atoms with Crippen molar-refractivity contribution in [1.29, 1.82) is 0 Å². The van der Waals surface area contributed by atoms with Gasteiger partial charge in [-0.2, -0.15) is 0 Å². The number of carbonyl (C=O) groups is 1. The number of nitrogens with zero attached hydrogens (tertiary/aromatic N) is 2. The summed E-state index contributed by atoms with van der Waals surface area (Å²) >= 11 is 1.52. The predicted molar refractivity (Wildman–Crippen MR) is 116 cm³/mol. The van der Waals surface area contributed by atoms with Crippen LogP contribution in [-0.4, -0.2) is 50.4 Å². The minimum atomic E-state index is -0.955. The number of aromatic nitrogens is 2. The van der Waals surface area contributed by atoms with Gasteiger partial charge in [0.25, 0.3) is 5.91 Å². The van der Waals surface area contributed by atoms with Gasteiger partial charge in [0.1, 0.15) is 11.4 Å². The van der Waals surface area contributed by atoms with Crippen LogP contribution in [0.2, 0.25) is 0 Å². The zero-order valence-corrected chi connectivity index (χ0v) is 18.1. The van der Waals surface area contributed by atoms with E-state index in [0.717, 1.165) is 24.0 Å². The van der Waals surface area contributed by atoms with Gasteiger partial charge in [0.15, 0.2) is 0 Å². The SMILES string of the molecule is CCC[C@H](NC(=O)c1cnc(Oc2ccc3c(c2C)B(O)OC3)cn1)S[C@@H](C)CO. The van der Waals surface area contributed by atoms with Gasteiger partial charge in [-0.1, -0.05) is 26.3 Å². The second kappa shape index (κ2) is 10.3. The molecule has 0 saturated carbocycles. The fourth-order valence-corrected chi connectivity index (χ4v) is 4.37. The van der Waals surface area contributed by atoms with Gasteiger partial charge in [-0.15, -0.1) is 11.8 Å². The molecule has 2 atom stereocenters. The Hall–Kier alpha value is -2.14. The zero-order chi connectivity index (χ0) is 21.7. The Labute approximate surface area is 180 Å². The summed E-state index contributed by atoms with van der Waals surface area (Å²) in [5.41, 5.74) is 2.61. The average Bonchev–Trinajstić information content (AvgIpc) is 3.12. The Bertz CT molecular complexity index is 883. The second-order valence-electron chi connectivity index (χ2n) is 7.15. The second-order valence-corrected chi connectivity index (χ2v) is 8.79. The summed E-state index contributed by atoms with van der Waals surface area (Å²) in [4.78, 5) is 20.9. The van der Waals surface area contributed by atoms with Crippen LogP contribution in [-0.2, 0) is 11.3 Å². The van der Waals surface area contributed by atoms with E-state index in [1.54, 1.807) is 6.07 Å². The van der Waals surface area contributed by atoms with Gasteiger partial charge >= 0.3 is 7.12 Å². The van der Waals surface area contributed by atoms with Gasteiger partial charge in [-0.3, -0.25) is 4.79 Å². The number of aliphatic hydroxyl groups is 1. The number of rotatable bonds is 9. The van der Waals surface area contributed by atoms with Gasteiger partial charge in [0.05, 0.1) is 31.0 Å². The van der Waals surface area contributed by atoms with Crippen LogP contribution in [0, 0.1) is 6.92 Å². The highest BCUT2D eigenvalue weighted by Gasteiger charge is 2.30. The first-order chi connectivity index (χ1) is 14.4. The molecule has 0 fully saturated rings. The van der Waals surface area contributed by atoms with Crippen molar-refractivity contribution in [2.45, 2.75) is 50.8 Å². The molecule has 30 heavy (non-hydrogen) atoms. The molecular formula is C20H26BN3O5S. The molecule has 0 spiro atoms. The Morgan fingerprint density at radius 3 is 2.87 bits per heavy atom. The van der Waals surface area contributed by atoms with Crippen LogP contribution in [0.25, 0.3) is 0 Å². The smallest absolute Gasteiger partial charge is 0.437 e. The lowest BCUT2D eigenvalue weighted by Gasteiger charge is -2.20. The molecule has 0 saturated heterocycles. The van der Waals surface area contributed by atoms with Crippen molar-refractivity contribution in [2.24, 2.45) is 0 Å². The molecule has 8 nitrogen and oxygen atoms in total. The first kappa shape index (κ1) is 22.5. The summed E-state index contributed by atoms with van der Waals surface area (Å²) < 4.78 is 11.0. The molecule has 1 aromatic carbocycles. The number of hydrogen-bond acceptors (Lipinski definition) is 8. The third-order valence-corrected chi connectivity index (χ3v) is 6.07. The molecule has 2 heterocycles. The topological polar surface area (TPSA) is 114 Å². The largest absolute Gasteiger partial charge is 0.492 e. The molecule has 1 amide bonds. The van der Waals surface area contributed by atoms with E-state index >= 15 is 0 Å². The monoisotopic (exact) mass is 431 g/mol. The highest BCUT2D eigenvalue weighted by molar-refractivity contribution is 8.00. The Morgan fingerprint density at radius 2 is 2.20 bits per heavy atom. The van der Waals surface area contributed by atoms with Crippen molar-refractivity contribution in [2.75, 3.05) is 6.61 Å². The van der Waals surface area contributed by atoms with Gasteiger partial charge < -0.3 is 24.8 Å². The lowest BCUT2D eigenvalue weighted by Crippen LogP contribution is -2.34. The molecule has 0 radical (unpaired) electrons. The van der Waals surface area contributed by atoms with Crippen molar-refractivity contribution < 1.29 is 24.3 Å². The first-order valence-electron chi connectivity index (χ1n) is 9.92. The lowest BCUT2D eigenvalue weighted by atomic mass is 9.76. The number of benzene rings is 1. The predicted octanol–water partition coefficient (Wildman–Crippen LogP) is 1.77. The molecule has 0 aliphatic carbocycles. The number of nitrogens with one attached hydrogen (secondary N) is 1. The molecule has 1 aromatic heterocycles. The van der Waals surface area contributed by atoms with Crippen molar-refractivity contribution >= 4 is 30.3 Å². The van der Waals surface area contributed by atoms with Crippen LogP contribution in [0.15, 0.2) is 24.5 Å². The number of aliphatic hydroxyl groups excluding tert-OH is 1. The summed E-state index contributed by atoms with van der Waals surface area (Å²) in [6.45, 7) is 6.23. The third kappa shape index (κ3) is 5.31. The van der Waals surface area contributed by atoms with Crippen LogP contribution in [0.5, 0.6) is 11.6 Å². The van der Waals surface area contributed by atoms with E-state index in [1.807, 2.05) is 26.8 Å². The lowest BCUT2D eigenvalue weighted by molar-refractivity contribution is 0.0943. The molecule has 0 bridgehead atoms. The van der Waals surface area contributed by atoms with Crippen molar-refractivity contribution in [1.82, 2.24) is 15.3 Å². The Kier molecular flexibility index (Phi) is 7.71. The summed E-state index contributed by atoms with van der Waals surface area (Å²) in [6, 6.07) is 3.65. The zero-order valence-electron chi connectivity index (χ0n) is 17.3. The van der Waals surface area contributed by atoms with E-state index in [2.05, 4.69) is 15.3 Å². The number of fused-ring (bicyclic) bond motifs is 1. The van der Waals surface area contributed by atoms with Gasteiger partial charge in [-0.05, 0) is 36.0 Å². The van der Waals surface area contributed by atoms with E-state index in [9.17, 15) is 14.9 Å². The summed E-state index contributed by atoms with van der Waals surface area (Å²) in [5.74, 6) is 0.470. The van der Waals surface area contributed by atoms with E-state index in [1.165, 1.54) is 24.2 Å². The van der Waals surface area contributed by atoms with Crippen molar-refractivity contribution in [3.8, 4) is 11.6 Å². The number of carbonyl (C=O) groups excluding carboxylic acids is 1. The minimum absolute atomic E-state index is 0.0307. The standard InChI is InChI=1S/C20H26BN3O5S/c1-4-5-18(30-12(2)10-25)24-20(26)15-8-23-17(9-22-15)29-16-7-6-14-11-28-21(27)19(14)13(16)3/h6-9,12,18,25,27H,4-5,10-11H2,1-3H3,(H,24,26)/t12-,18+/m0/s1. The van der Waals surface area contributed by atoms with Crippen LogP contribution in [0.3, 0.4) is 0 Å². The number of amides is 1. The molecular weight excluding hydrogens is 405 g/mol. The normalized spacial score (nSPS) is 14.9. The van der Waals surface area contributed by atoms with Gasteiger partial charge in [-0.25, -0.2) is 9.97 Å². The first-order valence-corrected chi connectivity index (χ1v) is 10.9. The number of ether oxygens (including phenoxy) is 1. The van der Waals surface area contributed by atoms with Crippen LogP contribution < -0.4 is 15.5 Å². The van der Waals surface area contributed by atoms with Gasteiger partial charge in [0, 0.05) is 5.25 Å². The fourth-order valence-electron chi connectivity index (χ4n) is 3.18. The van der Waals surface area contributed by atoms with E-state index < -0.39 is 7.12 Å². The fraction of sp³-hybridized carbons (Fsp3) is 0.450. The maximum absolute atomic E-state index is 12.5. The minimum Gasteiger partial charge on any atom is -0.437 e. The summed E-state index contributed by atoms with van der Waals surface area (Å²) in [6.07, 6.45) is 4.47. The van der Waals surface area contributed by atoms with Crippen LogP contribution in [0.1, 0.15) is 48.3 Å². The molecule has 160 valence electrons. The molecule has 2 aromatic rings. The van der Waals surface area contributed by atoms with E-state index in [0.29, 0.717) is 17.8 Å². The number of hydrogen-bond donors (Lipinski definition) is 3. The Balaban J connectivity index is 1.66. The summed E-state index contributed by atoms with van der Waals surface area (Å²) in [5, 5.41) is 22.1. The molecule has 0 unspecified atom stereocenters. The quantitative estimate of drug-likeness (QED) is 0.407. The van der Waals surface area contributed by atoms with Crippen molar-refractivity contribution in [3.63, 3.8) is 0 Å². The Morgan fingerprint density at radius 1 is 1.40 bits per heavy atom. The maximum Gasteiger partial charge on any atom is 0.492 e. The molecule has 10 heteroatoms. The van der Waals surface area contributed by atoms with Gasteiger partial charge in [0.2, 0.25) is 5.88 Å². The van der Waals surface area contributed by atoms with E-state index in [-0.39, 0.29) is 34.7 Å². The van der Waals surface area contributed by atoms with Crippen molar-refractivity contribution in [3.05, 3.63) is 41.3 Å². The highest BCUT2D eigenvalue weighted by atomic mass is 32.2. The summed E-state index contributed by atoms with van der Waals surface area (Å²) in [7, 11) is -0.955. The molecule has 1 aliphatic rings. The average molecular weight is 431 g/mol. The number of thioether (sulfide) groups is 1. The van der Waals surface area contributed by atoms with E-state index in [4.69, 9.17) is 9.39 Å². The molecule has 3 N–H and O–H groups in total. The third-order valence-electron chi connectivity index (χ3n) is 4.77. The maximum atomic E-state index is 12.5. The molecule has 1 aliphatic heterocycles.